The van der Waals surface area contributed by atoms with Gasteiger partial charge in [0, 0.05) is 35.9 Å². The van der Waals surface area contributed by atoms with Crippen molar-refractivity contribution in [1.82, 2.24) is 10.2 Å². The number of aliphatic hydroxyl groups is 2. The molecular weight excluding hydrogens is 476 g/mol. The third-order valence-electron chi connectivity index (χ3n) is 6.72. The molecular formula is C28H38N2O7. The summed E-state index contributed by atoms with van der Waals surface area (Å²) in [5, 5.41) is 23.5. The second-order valence-corrected chi connectivity index (χ2v) is 9.72. The second kappa shape index (κ2) is 12.9. The molecule has 1 aromatic carbocycles. The Hall–Kier alpha value is -3.17. The van der Waals surface area contributed by atoms with Gasteiger partial charge in [0.05, 0.1) is 25.7 Å². The average molecular weight is 515 g/mol. The molecule has 0 radical (unpaired) electrons. The number of methoxy groups -OCH3 is 1. The van der Waals surface area contributed by atoms with E-state index in [1.165, 1.54) is 13.2 Å². The lowest BCUT2D eigenvalue weighted by Gasteiger charge is -2.40. The number of benzene rings is 1. The number of aliphatic hydroxyl groups excluding tert-OH is 2. The summed E-state index contributed by atoms with van der Waals surface area (Å²) in [7, 11) is 1.45. The highest BCUT2D eigenvalue weighted by atomic mass is 16.5. The Kier molecular flexibility index (Phi) is 9.88. The van der Waals surface area contributed by atoms with Crippen LogP contribution in [0, 0.1) is 0 Å². The molecule has 1 aliphatic carbocycles. The van der Waals surface area contributed by atoms with Crippen molar-refractivity contribution in [3.8, 4) is 11.5 Å². The van der Waals surface area contributed by atoms with E-state index in [2.05, 4.69) is 12.2 Å². The number of allylic oxidation sites excluding steroid dienone is 1. The Bertz CT molecular complexity index is 1060. The molecule has 1 aliphatic heterocycles. The summed E-state index contributed by atoms with van der Waals surface area (Å²) in [5.41, 5.74) is 2.04. The second-order valence-electron chi connectivity index (χ2n) is 9.72. The van der Waals surface area contributed by atoms with E-state index in [4.69, 9.17) is 9.47 Å². The van der Waals surface area contributed by atoms with Crippen LogP contribution in [-0.4, -0.2) is 78.3 Å². The van der Waals surface area contributed by atoms with Gasteiger partial charge in [-0.05, 0) is 38.5 Å². The summed E-state index contributed by atoms with van der Waals surface area (Å²) in [4.78, 5) is 39.8. The monoisotopic (exact) mass is 514 g/mol. The van der Waals surface area contributed by atoms with Gasteiger partial charge >= 0.3 is 0 Å². The topological polar surface area (TPSA) is 125 Å². The van der Waals surface area contributed by atoms with Crippen LogP contribution >= 0.6 is 0 Å². The minimum absolute atomic E-state index is 0.0453. The van der Waals surface area contributed by atoms with Gasteiger partial charge in [-0.2, -0.15) is 0 Å². The van der Waals surface area contributed by atoms with Gasteiger partial charge in [-0.15, -0.1) is 0 Å². The van der Waals surface area contributed by atoms with Crippen LogP contribution in [0.4, 0.5) is 0 Å². The summed E-state index contributed by atoms with van der Waals surface area (Å²) < 4.78 is 11.6. The maximum Gasteiger partial charge on any atom is 0.247 e. The Morgan fingerprint density at radius 2 is 1.97 bits per heavy atom. The molecule has 0 saturated heterocycles. The predicted octanol–water partition coefficient (Wildman–Crippen LogP) is 2.51. The first-order valence-electron chi connectivity index (χ1n) is 12.8. The fourth-order valence-corrected chi connectivity index (χ4v) is 5.00. The van der Waals surface area contributed by atoms with Gasteiger partial charge in [0.1, 0.15) is 18.5 Å². The molecule has 37 heavy (non-hydrogen) atoms. The molecule has 3 N–H and O–H groups in total. The van der Waals surface area contributed by atoms with Gasteiger partial charge < -0.3 is 29.9 Å². The first-order chi connectivity index (χ1) is 17.8. The average Bonchev–Trinajstić information content (AvgIpc) is 3.27. The van der Waals surface area contributed by atoms with E-state index in [0.29, 0.717) is 41.0 Å². The Labute approximate surface area is 218 Å². The number of hydrogen-bond acceptors (Lipinski definition) is 7. The van der Waals surface area contributed by atoms with Gasteiger partial charge in [-0.25, -0.2) is 0 Å². The fraction of sp³-hybridized carbons (Fsp3) is 0.536. The van der Waals surface area contributed by atoms with Crippen molar-refractivity contribution in [2.24, 2.45) is 0 Å². The summed E-state index contributed by atoms with van der Waals surface area (Å²) >= 11 is 0. The fourth-order valence-electron chi connectivity index (χ4n) is 5.00. The molecule has 202 valence electrons. The zero-order chi connectivity index (χ0) is 27.1. The van der Waals surface area contributed by atoms with Crippen molar-refractivity contribution >= 4 is 18.1 Å². The molecule has 9 heteroatoms. The van der Waals surface area contributed by atoms with Crippen molar-refractivity contribution in [3.05, 3.63) is 46.6 Å². The largest absolute Gasteiger partial charge is 0.493 e. The molecule has 4 atom stereocenters. The highest BCUT2D eigenvalue weighted by Crippen LogP contribution is 2.51. The molecule has 0 fully saturated rings. The molecule has 9 nitrogen and oxygen atoms in total. The number of ether oxygens (including phenoxy) is 2. The van der Waals surface area contributed by atoms with Gasteiger partial charge in [0.2, 0.25) is 11.8 Å². The first-order valence-corrected chi connectivity index (χ1v) is 12.8. The summed E-state index contributed by atoms with van der Waals surface area (Å²) in [5.74, 6) is -0.692. The van der Waals surface area contributed by atoms with Crippen LogP contribution in [0.5, 0.6) is 11.5 Å². The zero-order valence-electron chi connectivity index (χ0n) is 22.0. The van der Waals surface area contributed by atoms with E-state index < -0.39 is 30.1 Å². The number of carbonyl (C=O) groups excluding carboxylic acids is 3. The number of fused-ring (bicyclic) bond motifs is 3. The Morgan fingerprint density at radius 1 is 1.22 bits per heavy atom. The summed E-state index contributed by atoms with van der Waals surface area (Å²) in [6.45, 7) is 5.99. The quantitative estimate of drug-likeness (QED) is 0.222. The number of carbonyl (C=O) groups is 3. The van der Waals surface area contributed by atoms with Crippen molar-refractivity contribution in [2.75, 3.05) is 26.8 Å². The molecule has 0 spiro atoms. The van der Waals surface area contributed by atoms with Crippen LogP contribution in [0.1, 0.15) is 68.3 Å². The number of unbranched alkanes of at least 4 members (excludes halogenated alkanes) is 3. The van der Waals surface area contributed by atoms with E-state index in [1.54, 1.807) is 23.1 Å². The van der Waals surface area contributed by atoms with Crippen LogP contribution < -0.4 is 14.8 Å². The molecule has 0 aromatic heterocycles. The molecule has 1 aromatic rings. The molecule has 3 rings (SSSR count). The van der Waals surface area contributed by atoms with E-state index in [-0.39, 0.29) is 19.1 Å². The third kappa shape index (κ3) is 6.22. The third-order valence-corrected chi connectivity index (χ3v) is 6.72. The van der Waals surface area contributed by atoms with Crippen LogP contribution in [0.25, 0.3) is 0 Å². The SMILES string of the molecule is CCCCCCN(C(=O)C=C(C)C)C1C=C(C(=O)NCCO)C2c3cc(C=O)cc(OC)c3OC2C1O. The highest BCUT2D eigenvalue weighted by Gasteiger charge is 2.51. The maximum atomic E-state index is 13.3. The van der Waals surface area contributed by atoms with E-state index in [0.717, 1.165) is 31.3 Å². The van der Waals surface area contributed by atoms with E-state index >= 15 is 0 Å². The van der Waals surface area contributed by atoms with Crippen LogP contribution in [0.15, 0.2) is 35.4 Å². The summed E-state index contributed by atoms with van der Waals surface area (Å²) in [6.07, 6.45) is 5.59. The Balaban J connectivity index is 2.10. The highest BCUT2D eigenvalue weighted by molar-refractivity contribution is 5.97. The normalized spacial score (nSPS) is 21.6. The number of rotatable bonds is 12. The smallest absolute Gasteiger partial charge is 0.247 e. The number of nitrogens with zero attached hydrogens (tertiary/aromatic N) is 1. The maximum absolute atomic E-state index is 13.3. The Morgan fingerprint density at radius 3 is 2.59 bits per heavy atom. The molecule has 2 amide bonds. The lowest BCUT2D eigenvalue weighted by molar-refractivity contribution is -0.132. The molecule has 0 saturated carbocycles. The minimum Gasteiger partial charge on any atom is -0.493 e. The van der Waals surface area contributed by atoms with Gasteiger partial charge in [-0.3, -0.25) is 14.4 Å². The standard InChI is InChI=1S/C28H38N2O7/c1-5-6-7-8-10-30(23(33)12-17(2)3)21-15-20(28(35)29-9-11-31)24-19-13-18(16-32)14-22(36-4)26(19)37-27(24)25(21)34/h12-16,21,24-25,27,31,34H,5-11H2,1-4H3,(H,29,35). The van der Waals surface area contributed by atoms with Crippen molar-refractivity contribution in [3.63, 3.8) is 0 Å². The molecule has 4 unspecified atom stereocenters. The van der Waals surface area contributed by atoms with Crippen molar-refractivity contribution < 1.29 is 34.1 Å². The van der Waals surface area contributed by atoms with Gasteiger partial charge in [0.15, 0.2) is 11.5 Å². The van der Waals surface area contributed by atoms with Crippen LogP contribution in [0.3, 0.4) is 0 Å². The van der Waals surface area contributed by atoms with Gasteiger partial charge in [-0.1, -0.05) is 31.8 Å². The molecule has 1 heterocycles. The van der Waals surface area contributed by atoms with Crippen LogP contribution in [0.2, 0.25) is 0 Å². The first kappa shape index (κ1) is 28.4. The minimum atomic E-state index is -1.14. The number of amides is 2. The number of aldehydes is 1. The predicted molar refractivity (Wildman–Crippen MR) is 139 cm³/mol. The summed E-state index contributed by atoms with van der Waals surface area (Å²) in [6, 6.07) is 2.36. The van der Waals surface area contributed by atoms with E-state index in [1.807, 2.05) is 13.8 Å². The molecule has 0 bridgehead atoms. The number of nitrogens with one attached hydrogen (secondary N) is 1. The van der Waals surface area contributed by atoms with Crippen molar-refractivity contribution in [2.45, 2.75) is 70.6 Å². The lowest BCUT2D eigenvalue weighted by atomic mass is 9.77. The van der Waals surface area contributed by atoms with E-state index in [9.17, 15) is 24.6 Å². The van der Waals surface area contributed by atoms with Crippen molar-refractivity contribution in [1.29, 1.82) is 0 Å². The number of hydrogen-bond donors (Lipinski definition) is 3. The lowest BCUT2D eigenvalue weighted by Crippen LogP contribution is -2.55. The van der Waals surface area contributed by atoms with Gasteiger partial charge in [0.25, 0.3) is 0 Å². The molecule has 2 aliphatic rings. The zero-order valence-corrected chi connectivity index (χ0v) is 22.0. The van der Waals surface area contributed by atoms with Crippen LogP contribution in [-0.2, 0) is 9.59 Å².